The molecule has 0 bridgehead atoms. The van der Waals surface area contributed by atoms with Crippen LogP contribution >= 0.6 is 0 Å². The molecule has 33 heavy (non-hydrogen) atoms. The smallest absolute Gasteiger partial charge is 0.261 e. The van der Waals surface area contributed by atoms with Crippen molar-refractivity contribution in [1.82, 2.24) is 10.3 Å². The molecule has 0 aromatic carbocycles. The minimum absolute atomic E-state index is 0.0487. The van der Waals surface area contributed by atoms with Gasteiger partial charge in [-0.15, -0.1) is 0 Å². The summed E-state index contributed by atoms with van der Waals surface area (Å²) in [7, 11) is 0. The highest BCUT2D eigenvalue weighted by Gasteiger charge is 2.59. The molecule has 4 fully saturated rings. The molecule has 0 aromatic heterocycles. The molecule has 1 saturated heterocycles. The largest absolute Gasteiger partial charge is 0.300 e. The summed E-state index contributed by atoms with van der Waals surface area (Å²) in [4.78, 5) is 25.3. The highest BCUT2D eigenvalue weighted by atomic mass is 16.2. The number of nitrogens with zero attached hydrogens (tertiary/aromatic N) is 2. The molecule has 0 spiro atoms. The molecule has 5 nitrogen and oxygen atoms in total. The molecule has 1 N–H and O–H groups in total. The van der Waals surface area contributed by atoms with Gasteiger partial charge in [-0.25, -0.2) is 5.01 Å². The van der Waals surface area contributed by atoms with Gasteiger partial charge in [0.2, 0.25) is 0 Å². The number of fused-ring (bicyclic) bond motifs is 5. The number of nitrogens with one attached hydrogen (secondary N) is 1. The molecule has 182 valence electrons. The first-order chi connectivity index (χ1) is 15.6. The summed E-state index contributed by atoms with van der Waals surface area (Å²) >= 11 is 0. The molecular formula is C28H43N3O2. The highest BCUT2D eigenvalue weighted by molar-refractivity contribution is 5.98. The summed E-state index contributed by atoms with van der Waals surface area (Å²) in [5.41, 5.74) is 3.10. The van der Waals surface area contributed by atoms with Gasteiger partial charge in [0.15, 0.2) is 0 Å². The molecule has 1 heterocycles. The van der Waals surface area contributed by atoms with Crippen LogP contribution in [0.25, 0.3) is 0 Å². The van der Waals surface area contributed by atoms with Gasteiger partial charge in [-0.05, 0) is 106 Å². The third kappa shape index (κ3) is 3.47. The number of amides is 1. The van der Waals surface area contributed by atoms with Gasteiger partial charge in [0, 0.05) is 5.92 Å². The topological polar surface area (TPSA) is 61.8 Å². The Labute approximate surface area is 199 Å². The van der Waals surface area contributed by atoms with Gasteiger partial charge in [0.25, 0.3) is 5.91 Å². The lowest BCUT2D eigenvalue weighted by Gasteiger charge is -2.58. The Morgan fingerprint density at radius 2 is 1.88 bits per heavy atom. The molecule has 8 atom stereocenters. The maximum atomic E-state index is 12.9. The number of rotatable bonds is 3. The summed E-state index contributed by atoms with van der Waals surface area (Å²) in [6.45, 7) is 13.0. The Kier molecular flexibility index (Phi) is 5.66. The van der Waals surface area contributed by atoms with Crippen molar-refractivity contribution in [3.8, 4) is 0 Å². The van der Waals surface area contributed by atoms with E-state index < -0.39 is 0 Å². The summed E-state index contributed by atoms with van der Waals surface area (Å²) < 4.78 is 0. The Balaban J connectivity index is 1.37. The molecule has 0 unspecified atom stereocenters. The van der Waals surface area contributed by atoms with Crippen LogP contribution in [0.2, 0.25) is 0 Å². The fraction of sp³-hybridized carbons (Fsp3) is 0.821. The zero-order valence-corrected chi connectivity index (χ0v) is 21.5. The third-order valence-electron chi connectivity index (χ3n) is 10.7. The monoisotopic (exact) mass is 453 g/mol. The van der Waals surface area contributed by atoms with Crippen molar-refractivity contribution in [1.29, 1.82) is 0 Å². The zero-order valence-electron chi connectivity index (χ0n) is 21.5. The lowest BCUT2D eigenvalue weighted by atomic mass is 9.46. The number of hydrogen-bond donors (Lipinski definition) is 1. The van der Waals surface area contributed by atoms with Crippen LogP contribution in [-0.2, 0) is 9.59 Å². The molecule has 5 heteroatoms. The standard InChI is InChI=1S/C28H43N3O2/c1-16(2)25-26(33)31(18(4)29-25)30-20-11-13-27(5)19(15-20)7-8-21-23-10-9-22(17(3)32)28(23,6)14-12-24(21)27/h15-16,18,21-25,29H,7-14H2,1-6H3/b30-20+/t18-,21+,22-,23+,24+,25+,27+,28-/m1/s1. The lowest BCUT2D eigenvalue weighted by Crippen LogP contribution is -2.51. The predicted octanol–water partition coefficient (Wildman–Crippen LogP) is 5.31. The second kappa shape index (κ2) is 8.03. The normalized spacial score (nSPS) is 46.3. The first-order valence-corrected chi connectivity index (χ1v) is 13.4. The van der Waals surface area contributed by atoms with Gasteiger partial charge in [-0.1, -0.05) is 33.3 Å². The van der Waals surface area contributed by atoms with Gasteiger partial charge >= 0.3 is 0 Å². The Hall–Kier alpha value is -1.49. The van der Waals surface area contributed by atoms with Crippen molar-refractivity contribution < 1.29 is 9.59 Å². The summed E-state index contributed by atoms with van der Waals surface area (Å²) in [6.07, 6.45) is 11.6. The van der Waals surface area contributed by atoms with E-state index in [1.807, 2.05) is 13.8 Å². The Bertz CT molecular complexity index is 907. The lowest BCUT2D eigenvalue weighted by molar-refractivity contribution is -0.130. The van der Waals surface area contributed by atoms with Crippen LogP contribution in [-0.4, -0.2) is 34.6 Å². The number of carbonyl (C=O) groups excluding carboxylic acids is 2. The average Bonchev–Trinajstić information content (AvgIpc) is 3.25. The van der Waals surface area contributed by atoms with Crippen LogP contribution in [0.5, 0.6) is 0 Å². The van der Waals surface area contributed by atoms with Crippen molar-refractivity contribution in [2.75, 3.05) is 0 Å². The molecule has 5 rings (SSSR count). The van der Waals surface area contributed by atoms with E-state index in [0.29, 0.717) is 11.7 Å². The average molecular weight is 454 g/mol. The van der Waals surface area contributed by atoms with Crippen molar-refractivity contribution >= 4 is 17.4 Å². The second-order valence-electron chi connectivity index (χ2n) is 12.6. The molecule has 0 radical (unpaired) electrons. The first-order valence-electron chi connectivity index (χ1n) is 13.4. The number of hydrogen-bond acceptors (Lipinski definition) is 4. The predicted molar refractivity (Wildman–Crippen MR) is 131 cm³/mol. The van der Waals surface area contributed by atoms with Crippen LogP contribution in [0.1, 0.15) is 92.9 Å². The Morgan fingerprint density at radius 3 is 2.55 bits per heavy atom. The molecule has 4 aliphatic carbocycles. The molecule has 3 saturated carbocycles. The molecule has 1 amide bonds. The van der Waals surface area contributed by atoms with Gasteiger partial charge in [-0.2, -0.15) is 5.10 Å². The quantitative estimate of drug-likeness (QED) is 0.630. The number of allylic oxidation sites excluding steroid dienone is 2. The molecule has 0 aromatic rings. The summed E-state index contributed by atoms with van der Waals surface area (Å²) in [6, 6.07) is -0.136. The second-order valence-corrected chi connectivity index (χ2v) is 12.6. The molecule has 5 aliphatic rings. The highest BCUT2D eigenvalue weighted by Crippen LogP contribution is 2.66. The van der Waals surface area contributed by atoms with Crippen LogP contribution in [0.3, 0.4) is 0 Å². The number of carbonyl (C=O) groups is 2. The maximum absolute atomic E-state index is 12.9. The van der Waals surface area contributed by atoms with Crippen LogP contribution in [0.15, 0.2) is 16.8 Å². The van der Waals surface area contributed by atoms with Crippen molar-refractivity contribution in [3.05, 3.63) is 11.6 Å². The third-order valence-corrected chi connectivity index (χ3v) is 10.7. The van der Waals surface area contributed by atoms with E-state index in [1.165, 1.54) is 25.7 Å². The van der Waals surface area contributed by atoms with E-state index >= 15 is 0 Å². The van der Waals surface area contributed by atoms with E-state index in [1.54, 1.807) is 10.6 Å². The number of Topliss-reactive ketones (excluding diaryl/α,β-unsaturated/α-hetero) is 1. The zero-order chi connectivity index (χ0) is 23.7. The van der Waals surface area contributed by atoms with Gasteiger partial charge in [0.1, 0.15) is 11.9 Å². The van der Waals surface area contributed by atoms with E-state index in [9.17, 15) is 9.59 Å². The fourth-order valence-corrected chi connectivity index (χ4v) is 8.80. The van der Waals surface area contributed by atoms with Gasteiger partial charge < -0.3 is 0 Å². The number of hydrazone groups is 1. The van der Waals surface area contributed by atoms with Crippen LogP contribution in [0.4, 0.5) is 0 Å². The van der Waals surface area contributed by atoms with Crippen molar-refractivity contribution in [3.63, 3.8) is 0 Å². The summed E-state index contributed by atoms with van der Waals surface area (Å²) in [5.74, 6) is 3.26. The van der Waals surface area contributed by atoms with Crippen molar-refractivity contribution in [2.24, 2.45) is 45.5 Å². The Morgan fingerprint density at radius 1 is 1.12 bits per heavy atom. The van der Waals surface area contributed by atoms with E-state index in [0.717, 1.165) is 43.2 Å². The minimum Gasteiger partial charge on any atom is -0.300 e. The molecular weight excluding hydrogens is 410 g/mol. The van der Waals surface area contributed by atoms with Crippen LogP contribution < -0.4 is 5.32 Å². The fourth-order valence-electron chi connectivity index (χ4n) is 8.80. The van der Waals surface area contributed by atoms with Gasteiger partial charge in [-0.3, -0.25) is 14.9 Å². The van der Waals surface area contributed by atoms with E-state index in [-0.39, 0.29) is 40.8 Å². The van der Waals surface area contributed by atoms with Crippen LogP contribution in [0, 0.1) is 40.4 Å². The van der Waals surface area contributed by atoms with Crippen molar-refractivity contribution in [2.45, 2.75) is 105 Å². The van der Waals surface area contributed by atoms with Gasteiger partial charge in [0.05, 0.1) is 11.8 Å². The minimum atomic E-state index is -0.136. The summed E-state index contributed by atoms with van der Waals surface area (Å²) in [5, 5.41) is 9.97. The SMILES string of the molecule is CC(=O)[C@H]1CC[C@H]2[C@@H]3CCC4=C/C(=N/N5C(=O)[C@H](C(C)C)N[C@H]5C)CC[C@]4(C)[C@H]3CC[C@]12C. The maximum Gasteiger partial charge on any atom is 0.261 e. The first kappa shape index (κ1) is 23.3. The number of ketones is 1. The van der Waals surface area contributed by atoms with E-state index in [2.05, 4.69) is 39.1 Å². The van der Waals surface area contributed by atoms with E-state index in [4.69, 9.17) is 5.10 Å². The molecule has 1 aliphatic heterocycles.